The van der Waals surface area contributed by atoms with Crippen LogP contribution in [0.25, 0.3) is 0 Å². The molecule has 14 heavy (non-hydrogen) atoms. The highest BCUT2D eigenvalue weighted by Gasteiger charge is 2.34. The lowest BCUT2D eigenvalue weighted by Gasteiger charge is -2.42. The quantitative estimate of drug-likeness (QED) is 0.556. The molecular formula is C14H30. The Balaban J connectivity index is 0.000000791. The van der Waals surface area contributed by atoms with Crippen LogP contribution in [0.3, 0.4) is 0 Å². The molecule has 1 saturated carbocycles. The van der Waals surface area contributed by atoms with Gasteiger partial charge in [0.1, 0.15) is 0 Å². The summed E-state index contributed by atoms with van der Waals surface area (Å²) in [4.78, 5) is 0. The summed E-state index contributed by atoms with van der Waals surface area (Å²) in [5.74, 6) is 0. The summed E-state index contributed by atoms with van der Waals surface area (Å²) < 4.78 is 0. The van der Waals surface area contributed by atoms with E-state index >= 15 is 0 Å². The monoisotopic (exact) mass is 198 g/mol. The average Bonchev–Trinajstić information content (AvgIpc) is 2.26. The fourth-order valence-corrected chi connectivity index (χ4v) is 2.16. The highest BCUT2D eigenvalue weighted by atomic mass is 14.4. The summed E-state index contributed by atoms with van der Waals surface area (Å²) in [5.41, 5.74) is 1.35. The van der Waals surface area contributed by atoms with Crippen molar-refractivity contribution in [3.63, 3.8) is 0 Å². The molecular weight excluding hydrogens is 168 g/mol. The second-order valence-electron chi connectivity index (χ2n) is 5.33. The maximum absolute atomic E-state index is 2.46. The van der Waals surface area contributed by atoms with Gasteiger partial charge in [0.2, 0.25) is 0 Å². The van der Waals surface area contributed by atoms with Crippen LogP contribution in [0.1, 0.15) is 80.1 Å². The first-order valence-electron chi connectivity index (χ1n) is 6.54. The largest absolute Gasteiger partial charge is 0.0683 e. The van der Waals surface area contributed by atoms with Crippen molar-refractivity contribution in [1.82, 2.24) is 0 Å². The van der Waals surface area contributed by atoms with Gasteiger partial charge in [0, 0.05) is 0 Å². The second-order valence-corrected chi connectivity index (χ2v) is 5.33. The standard InChI is InChI=1S/C12H24.C2H6/c1-5-11(3)7-9-12(4,6-2)10-8-11;1-2/h5-10H2,1-4H3;1-2H3. The minimum absolute atomic E-state index is 0.675. The molecule has 0 unspecified atom stereocenters. The van der Waals surface area contributed by atoms with Gasteiger partial charge in [-0.15, -0.1) is 0 Å². The zero-order chi connectivity index (χ0) is 11.2. The zero-order valence-corrected chi connectivity index (χ0v) is 11.2. The zero-order valence-electron chi connectivity index (χ0n) is 11.2. The van der Waals surface area contributed by atoms with Crippen molar-refractivity contribution in [3.8, 4) is 0 Å². The molecule has 0 nitrogen and oxygen atoms in total. The second kappa shape index (κ2) is 5.78. The van der Waals surface area contributed by atoms with E-state index < -0.39 is 0 Å². The highest BCUT2D eigenvalue weighted by molar-refractivity contribution is 4.86. The summed E-state index contributed by atoms with van der Waals surface area (Å²) in [6, 6.07) is 0. The minimum Gasteiger partial charge on any atom is -0.0683 e. The summed E-state index contributed by atoms with van der Waals surface area (Å²) >= 11 is 0. The molecule has 0 heterocycles. The molecule has 0 radical (unpaired) electrons. The van der Waals surface area contributed by atoms with Crippen LogP contribution in [-0.4, -0.2) is 0 Å². The van der Waals surface area contributed by atoms with Crippen molar-refractivity contribution in [2.75, 3.05) is 0 Å². The van der Waals surface area contributed by atoms with Gasteiger partial charge in [-0.2, -0.15) is 0 Å². The van der Waals surface area contributed by atoms with Gasteiger partial charge in [-0.05, 0) is 36.5 Å². The Morgan fingerprint density at radius 3 is 1.07 bits per heavy atom. The summed E-state index contributed by atoms with van der Waals surface area (Å²) in [7, 11) is 0. The van der Waals surface area contributed by atoms with Crippen LogP contribution in [0.2, 0.25) is 0 Å². The van der Waals surface area contributed by atoms with Crippen molar-refractivity contribution in [3.05, 3.63) is 0 Å². The van der Waals surface area contributed by atoms with Gasteiger partial charge in [-0.25, -0.2) is 0 Å². The average molecular weight is 198 g/mol. The molecule has 86 valence electrons. The third-order valence-corrected chi connectivity index (χ3v) is 4.37. The Labute approximate surface area is 91.5 Å². The van der Waals surface area contributed by atoms with Crippen molar-refractivity contribution in [2.45, 2.75) is 80.1 Å². The molecule has 0 aliphatic heterocycles. The number of rotatable bonds is 2. The summed E-state index contributed by atoms with van der Waals surface area (Å²) in [5, 5.41) is 0. The molecule has 0 spiro atoms. The van der Waals surface area contributed by atoms with E-state index in [0.29, 0.717) is 10.8 Å². The van der Waals surface area contributed by atoms with Crippen LogP contribution in [0, 0.1) is 10.8 Å². The SMILES string of the molecule is CC.CCC1(C)CCC(C)(CC)CC1. The molecule has 1 fully saturated rings. The fraction of sp³-hybridized carbons (Fsp3) is 1.00. The van der Waals surface area contributed by atoms with E-state index in [1.807, 2.05) is 13.8 Å². The smallest absolute Gasteiger partial charge is 0.0328 e. The molecule has 0 atom stereocenters. The third-order valence-electron chi connectivity index (χ3n) is 4.37. The molecule has 0 bridgehead atoms. The Hall–Kier alpha value is 0. The molecule has 1 aliphatic rings. The lowest BCUT2D eigenvalue weighted by molar-refractivity contribution is 0.0966. The van der Waals surface area contributed by atoms with Crippen LogP contribution >= 0.6 is 0 Å². The molecule has 1 aliphatic carbocycles. The number of hydrogen-bond acceptors (Lipinski definition) is 0. The Morgan fingerprint density at radius 1 is 0.714 bits per heavy atom. The van der Waals surface area contributed by atoms with E-state index in [9.17, 15) is 0 Å². The van der Waals surface area contributed by atoms with E-state index in [2.05, 4.69) is 27.7 Å². The van der Waals surface area contributed by atoms with Gasteiger partial charge in [0.05, 0.1) is 0 Å². The van der Waals surface area contributed by atoms with Crippen LogP contribution in [-0.2, 0) is 0 Å². The van der Waals surface area contributed by atoms with E-state index in [-0.39, 0.29) is 0 Å². The van der Waals surface area contributed by atoms with Crippen molar-refractivity contribution < 1.29 is 0 Å². The van der Waals surface area contributed by atoms with Crippen molar-refractivity contribution >= 4 is 0 Å². The van der Waals surface area contributed by atoms with Crippen LogP contribution in [0.5, 0.6) is 0 Å². The summed E-state index contributed by atoms with van der Waals surface area (Å²) in [6.07, 6.45) is 8.54. The molecule has 0 aromatic heterocycles. The minimum atomic E-state index is 0.675. The predicted molar refractivity (Wildman–Crippen MR) is 66.6 cm³/mol. The normalized spacial score (nSPS) is 37.3. The lowest BCUT2D eigenvalue weighted by atomic mass is 9.63. The van der Waals surface area contributed by atoms with E-state index in [0.717, 1.165) is 0 Å². The first kappa shape index (κ1) is 14.0. The third kappa shape index (κ3) is 3.63. The van der Waals surface area contributed by atoms with Gasteiger partial charge in [-0.3, -0.25) is 0 Å². The van der Waals surface area contributed by atoms with Crippen LogP contribution in [0.15, 0.2) is 0 Å². The van der Waals surface area contributed by atoms with Gasteiger partial charge in [0.25, 0.3) is 0 Å². The van der Waals surface area contributed by atoms with Crippen LogP contribution in [0.4, 0.5) is 0 Å². The van der Waals surface area contributed by atoms with E-state index in [4.69, 9.17) is 0 Å². The molecule has 0 heteroatoms. The molecule has 0 aromatic carbocycles. The Kier molecular flexibility index (Phi) is 5.78. The Bertz CT molecular complexity index is 120. The van der Waals surface area contributed by atoms with Crippen molar-refractivity contribution in [2.24, 2.45) is 10.8 Å². The first-order valence-corrected chi connectivity index (χ1v) is 6.54. The molecule has 0 saturated heterocycles. The lowest BCUT2D eigenvalue weighted by Crippen LogP contribution is -2.29. The molecule has 1 rings (SSSR count). The van der Waals surface area contributed by atoms with Gasteiger partial charge < -0.3 is 0 Å². The topological polar surface area (TPSA) is 0 Å². The van der Waals surface area contributed by atoms with Gasteiger partial charge in [0.15, 0.2) is 0 Å². The molecule has 0 aromatic rings. The maximum Gasteiger partial charge on any atom is -0.0328 e. The van der Waals surface area contributed by atoms with E-state index in [1.165, 1.54) is 38.5 Å². The fourth-order valence-electron chi connectivity index (χ4n) is 2.16. The van der Waals surface area contributed by atoms with Crippen LogP contribution < -0.4 is 0 Å². The molecule has 0 amide bonds. The van der Waals surface area contributed by atoms with Gasteiger partial charge >= 0.3 is 0 Å². The number of hydrogen-bond donors (Lipinski definition) is 0. The maximum atomic E-state index is 2.46. The predicted octanol–water partition coefficient (Wildman–Crippen LogP) is 5.42. The van der Waals surface area contributed by atoms with Crippen molar-refractivity contribution in [1.29, 1.82) is 0 Å². The highest BCUT2D eigenvalue weighted by Crippen LogP contribution is 2.48. The first-order chi connectivity index (χ1) is 6.54. The summed E-state index contributed by atoms with van der Waals surface area (Å²) in [6.45, 7) is 13.6. The van der Waals surface area contributed by atoms with E-state index in [1.54, 1.807) is 0 Å². The molecule has 0 N–H and O–H groups in total. The van der Waals surface area contributed by atoms with Gasteiger partial charge in [-0.1, -0.05) is 54.4 Å². The Morgan fingerprint density at radius 2 is 0.929 bits per heavy atom.